The molecule has 2 aliphatic carbocycles. The molecule has 0 aromatic heterocycles. The third-order valence-electron chi connectivity index (χ3n) is 7.72. The van der Waals surface area contributed by atoms with Crippen LogP contribution in [0.25, 0.3) is 0 Å². The van der Waals surface area contributed by atoms with E-state index in [0.717, 1.165) is 49.9 Å². The van der Waals surface area contributed by atoms with Gasteiger partial charge in [0.15, 0.2) is 0 Å². The summed E-state index contributed by atoms with van der Waals surface area (Å²) >= 11 is 0. The van der Waals surface area contributed by atoms with Crippen molar-refractivity contribution in [1.29, 1.82) is 0 Å². The smallest absolute Gasteiger partial charge is 0.237 e. The third-order valence-corrected chi connectivity index (χ3v) is 7.72. The first-order chi connectivity index (χ1) is 17.0. The quantitative estimate of drug-likeness (QED) is 0.367. The second-order valence-electron chi connectivity index (χ2n) is 9.28. The summed E-state index contributed by atoms with van der Waals surface area (Å²) in [5.74, 6) is 0.612. The van der Waals surface area contributed by atoms with E-state index >= 15 is 0 Å². The summed E-state index contributed by atoms with van der Waals surface area (Å²) in [7, 11) is 3.73. The summed E-state index contributed by atoms with van der Waals surface area (Å²) < 4.78 is 0. The number of amides is 2. The van der Waals surface area contributed by atoms with Gasteiger partial charge in [-0.25, -0.2) is 0 Å². The normalized spacial score (nSPS) is 21.4. The summed E-state index contributed by atoms with van der Waals surface area (Å²) in [4.78, 5) is 28.0. The van der Waals surface area contributed by atoms with Gasteiger partial charge in [0.1, 0.15) is 0 Å². The topological polar surface area (TPSA) is 60.9 Å². The Hall–Kier alpha value is -1.93. The molecule has 0 saturated heterocycles. The maximum absolute atomic E-state index is 12.5. The minimum atomic E-state index is -0.437. The van der Waals surface area contributed by atoms with E-state index in [1.54, 1.807) is 4.90 Å². The number of aliphatic hydroxyl groups excluding tert-OH is 1. The third kappa shape index (κ3) is 5.60. The minimum absolute atomic E-state index is 0. The molecule has 2 aliphatic heterocycles. The van der Waals surface area contributed by atoms with E-state index in [4.69, 9.17) is 0 Å². The molecule has 2 aromatic carbocycles. The van der Waals surface area contributed by atoms with Crippen LogP contribution in [0.1, 0.15) is 95.4 Å². The van der Waals surface area contributed by atoms with Crippen LogP contribution in [0.15, 0.2) is 36.4 Å². The molecule has 2 heterocycles. The molecule has 2 unspecified atom stereocenters. The van der Waals surface area contributed by atoms with Gasteiger partial charge in [0.05, 0.1) is 11.3 Å². The number of carbonyl (C=O) groups excluding carboxylic acids is 2. The van der Waals surface area contributed by atoms with Crippen LogP contribution in [0.5, 0.6) is 0 Å². The Morgan fingerprint density at radius 3 is 2.14 bits per heavy atom. The van der Waals surface area contributed by atoms with Crippen molar-refractivity contribution in [3.63, 3.8) is 0 Å². The summed E-state index contributed by atoms with van der Waals surface area (Å²) in [5.41, 5.74) is 6.92. The number of anilines is 2. The van der Waals surface area contributed by atoms with Crippen LogP contribution in [-0.4, -0.2) is 37.6 Å². The minimum Gasteiger partial charge on any atom is -0.396 e. The number of benzene rings is 2. The van der Waals surface area contributed by atoms with Crippen LogP contribution in [0, 0.1) is 0 Å². The molecule has 206 valence electrons. The zero-order valence-electron chi connectivity index (χ0n) is 22.8. The number of aliphatic hydroxyl groups is 1. The Morgan fingerprint density at radius 2 is 1.49 bits per heavy atom. The molecule has 2 atom stereocenters. The lowest BCUT2D eigenvalue weighted by Crippen LogP contribution is -2.41. The van der Waals surface area contributed by atoms with Gasteiger partial charge in [0.25, 0.3) is 0 Å². The van der Waals surface area contributed by atoms with E-state index in [1.807, 2.05) is 58.8 Å². The molecule has 0 radical (unpaired) electrons. The number of rotatable bonds is 2. The predicted molar refractivity (Wildman–Crippen MR) is 167 cm³/mol. The van der Waals surface area contributed by atoms with Crippen LogP contribution >= 0.6 is 24.0 Å². The summed E-state index contributed by atoms with van der Waals surface area (Å²) in [6.45, 7) is 8.08. The summed E-state index contributed by atoms with van der Waals surface area (Å²) in [5, 5.41) is 9.30. The van der Waals surface area contributed by atoms with Crippen molar-refractivity contribution >= 4 is 47.2 Å². The number of nitrogens with zero attached hydrogens (tertiary/aromatic N) is 2. The second-order valence-corrected chi connectivity index (χ2v) is 9.28. The van der Waals surface area contributed by atoms with Crippen molar-refractivity contribution in [1.82, 2.24) is 0 Å². The Bertz CT molecular complexity index is 1070. The number of halogens is 1. The first-order valence-corrected chi connectivity index (χ1v) is 13.4. The average Bonchev–Trinajstić information content (AvgIpc) is 3.29. The molecular formula is C31H47IN2O3. The van der Waals surface area contributed by atoms with Crippen molar-refractivity contribution in [2.24, 2.45) is 0 Å². The van der Waals surface area contributed by atoms with E-state index in [9.17, 15) is 14.7 Å². The monoisotopic (exact) mass is 622 g/mol. The Morgan fingerprint density at radius 1 is 0.892 bits per heavy atom. The SMILES string of the molecule is C.CC.CC.CN1C(=O)C2(CCO)CCCc3cccc1c32.CN1C(=O)C2CCCc3cccc1c32.I. The van der Waals surface area contributed by atoms with Gasteiger partial charge < -0.3 is 14.9 Å². The Kier molecular flexibility index (Phi) is 12.8. The van der Waals surface area contributed by atoms with Crippen molar-refractivity contribution in [2.75, 3.05) is 30.5 Å². The maximum Gasteiger partial charge on any atom is 0.237 e. The van der Waals surface area contributed by atoms with Crippen LogP contribution < -0.4 is 9.80 Å². The van der Waals surface area contributed by atoms with Gasteiger partial charge in [-0.1, -0.05) is 59.4 Å². The largest absolute Gasteiger partial charge is 0.396 e. The first-order valence-electron chi connectivity index (χ1n) is 13.4. The number of aryl methyl sites for hydroxylation is 2. The molecule has 0 spiro atoms. The molecule has 2 amide bonds. The number of hydrogen-bond acceptors (Lipinski definition) is 3. The van der Waals surface area contributed by atoms with Crippen molar-refractivity contribution in [2.45, 2.75) is 91.4 Å². The number of likely N-dealkylation sites (N-methyl/N-ethyl adjacent to an activating group) is 2. The molecule has 4 aliphatic rings. The van der Waals surface area contributed by atoms with Crippen LogP contribution in [0.3, 0.4) is 0 Å². The second kappa shape index (κ2) is 14.3. The van der Waals surface area contributed by atoms with Gasteiger partial charge in [-0.3, -0.25) is 9.59 Å². The highest BCUT2D eigenvalue weighted by Gasteiger charge is 2.51. The van der Waals surface area contributed by atoms with Crippen molar-refractivity contribution < 1.29 is 14.7 Å². The molecule has 0 bridgehead atoms. The highest BCUT2D eigenvalue weighted by atomic mass is 127. The molecule has 5 nitrogen and oxygen atoms in total. The van der Waals surface area contributed by atoms with Gasteiger partial charge in [-0.2, -0.15) is 0 Å². The molecule has 0 fully saturated rings. The van der Waals surface area contributed by atoms with Crippen molar-refractivity contribution in [3.8, 4) is 0 Å². The van der Waals surface area contributed by atoms with Crippen LogP contribution in [-0.2, 0) is 27.8 Å². The van der Waals surface area contributed by atoms with Gasteiger partial charge in [0, 0.05) is 32.1 Å². The maximum atomic E-state index is 12.5. The van der Waals surface area contributed by atoms with Crippen LogP contribution in [0.2, 0.25) is 0 Å². The first kappa shape index (κ1) is 33.1. The Labute approximate surface area is 241 Å². The highest BCUT2D eigenvalue weighted by molar-refractivity contribution is 14.0. The number of hydrogen-bond donors (Lipinski definition) is 1. The average molecular weight is 623 g/mol. The highest BCUT2D eigenvalue weighted by Crippen LogP contribution is 2.50. The van der Waals surface area contributed by atoms with E-state index in [0.29, 0.717) is 6.42 Å². The predicted octanol–water partition coefficient (Wildman–Crippen LogP) is 7.01. The molecule has 6 rings (SSSR count). The lowest BCUT2D eigenvalue weighted by Gasteiger charge is -2.32. The molecule has 6 heteroatoms. The fraction of sp³-hybridized carbons (Fsp3) is 0.548. The Balaban J connectivity index is 0.000000315. The van der Waals surface area contributed by atoms with E-state index in [-0.39, 0.29) is 55.7 Å². The lowest BCUT2D eigenvalue weighted by molar-refractivity contribution is -0.124. The van der Waals surface area contributed by atoms with E-state index in [1.165, 1.54) is 22.3 Å². The fourth-order valence-electron chi connectivity index (χ4n) is 6.28. The standard InChI is InChI=1S/C14H17NO2.C12H13NO.2C2H6.CH4.HI/c1-15-11-6-2-4-10-5-3-7-14(8-9-16,12(10)11)13(15)17;1-13-10-7-3-5-8-4-2-6-9(11(8)10)12(13)14;2*1-2;;/h2,4,6,16H,3,5,7-9H2,1H3;3,5,7,9H,2,4,6H2,1H3;2*1-2H3;1H4;1H. The van der Waals surface area contributed by atoms with Gasteiger partial charge >= 0.3 is 0 Å². The zero-order chi connectivity index (χ0) is 25.8. The molecule has 0 saturated carbocycles. The summed E-state index contributed by atoms with van der Waals surface area (Å²) in [6, 6.07) is 12.4. The van der Waals surface area contributed by atoms with Gasteiger partial charge in [0.2, 0.25) is 11.8 Å². The van der Waals surface area contributed by atoms with E-state index in [2.05, 4.69) is 24.3 Å². The lowest BCUT2D eigenvalue weighted by atomic mass is 9.69. The fourth-order valence-corrected chi connectivity index (χ4v) is 6.28. The summed E-state index contributed by atoms with van der Waals surface area (Å²) in [6.07, 6.45) is 6.85. The zero-order valence-corrected chi connectivity index (χ0v) is 25.1. The molecule has 1 N–H and O–H groups in total. The van der Waals surface area contributed by atoms with Crippen LogP contribution in [0.4, 0.5) is 11.4 Å². The molecule has 37 heavy (non-hydrogen) atoms. The van der Waals surface area contributed by atoms with Gasteiger partial charge in [-0.05, 0) is 79.3 Å². The van der Waals surface area contributed by atoms with Crippen molar-refractivity contribution in [3.05, 3.63) is 58.7 Å². The van der Waals surface area contributed by atoms with E-state index < -0.39 is 5.41 Å². The number of carbonyl (C=O) groups is 2. The molecule has 2 aromatic rings. The molecular weight excluding hydrogens is 575 g/mol. The van der Waals surface area contributed by atoms with Gasteiger partial charge in [-0.15, -0.1) is 24.0 Å².